The molecule has 2 atom stereocenters. The van der Waals surface area contributed by atoms with Crippen molar-refractivity contribution in [3.8, 4) is 0 Å². The summed E-state index contributed by atoms with van der Waals surface area (Å²) in [5.74, 6) is -0.742. The first-order valence-electron chi connectivity index (χ1n) is 8.76. The van der Waals surface area contributed by atoms with Crippen molar-refractivity contribution in [1.29, 1.82) is 0 Å². The van der Waals surface area contributed by atoms with Gasteiger partial charge in [0, 0.05) is 25.7 Å². The van der Waals surface area contributed by atoms with Gasteiger partial charge in [-0.1, -0.05) is 0 Å². The predicted octanol–water partition coefficient (Wildman–Crippen LogP) is 1.58. The molecule has 2 aliphatic rings. The third-order valence-corrected chi connectivity index (χ3v) is 5.02. The van der Waals surface area contributed by atoms with Crippen LogP contribution < -0.4 is 5.32 Å². The molecule has 26 heavy (non-hydrogen) atoms. The van der Waals surface area contributed by atoms with Gasteiger partial charge >= 0.3 is 0 Å². The van der Waals surface area contributed by atoms with Crippen LogP contribution in [0.5, 0.6) is 0 Å². The quantitative estimate of drug-likeness (QED) is 0.901. The molecule has 1 N–H and O–H groups in total. The second-order valence-electron chi connectivity index (χ2n) is 6.84. The van der Waals surface area contributed by atoms with Crippen LogP contribution in [0, 0.1) is 5.82 Å². The van der Waals surface area contributed by atoms with Gasteiger partial charge in [-0.2, -0.15) is 5.10 Å². The Morgan fingerprint density at radius 2 is 2.08 bits per heavy atom. The number of piperidine rings is 1. The summed E-state index contributed by atoms with van der Waals surface area (Å²) in [6, 6.07) is 4.17. The van der Waals surface area contributed by atoms with Crippen LogP contribution in [-0.2, 0) is 11.8 Å². The number of pyridine rings is 1. The lowest BCUT2D eigenvalue weighted by Crippen LogP contribution is -2.53. The van der Waals surface area contributed by atoms with E-state index >= 15 is 0 Å². The molecule has 0 bridgehead atoms. The molecule has 2 fully saturated rings. The maximum absolute atomic E-state index is 13.0. The van der Waals surface area contributed by atoms with Crippen LogP contribution in [0.3, 0.4) is 0 Å². The Morgan fingerprint density at radius 3 is 2.69 bits per heavy atom. The molecular weight excluding hydrogens is 337 g/mol. The van der Waals surface area contributed by atoms with Crippen molar-refractivity contribution >= 4 is 11.8 Å². The lowest BCUT2D eigenvalue weighted by atomic mass is 9.92. The molecule has 2 aromatic heterocycles. The molecule has 7 nitrogen and oxygen atoms in total. The van der Waals surface area contributed by atoms with E-state index in [0.29, 0.717) is 12.8 Å². The number of nitrogens with one attached hydrogen (secondary N) is 1. The van der Waals surface area contributed by atoms with Gasteiger partial charge in [0.05, 0.1) is 24.0 Å². The summed E-state index contributed by atoms with van der Waals surface area (Å²) < 4.78 is 14.8. The number of halogens is 1. The van der Waals surface area contributed by atoms with E-state index in [0.717, 1.165) is 24.7 Å². The maximum Gasteiger partial charge on any atom is 0.270 e. The smallest absolute Gasteiger partial charge is 0.270 e. The molecule has 8 heteroatoms. The first-order valence-corrected chi connectivity index (χ1v) is 8.76. The highest BCUT2D eigenvalue weighted by Gasteiger charge is 2.45. The van der Waals surface area contributed by atoms with Gasteiger partial charge in [0.1, 0.15) is 11.5 Å². The maximum atomic E-state index is 13.0. The standard InChI is InChI=1S/C18H20FN5O2/c1-23-15(8-9-21-23)17-13(6-7-16(25)24(17)12-3-4-12)22-18(26)14-5-2-11(19)10-20-14/h2,5,8-10,12-13,17H,3-4,6-7H2,1H3,(H,22,26)/t13-,17-/m1/s1. The fourth-order valence-corrected chi connectivity index (χ4v) is 3.62. The van der Waals surface area contributed by atoms with E-state index in [2.05, 4.69) is 15.4 Å². The van der Waals surface area contributed by atoms with Crippen LogP contribution >= 0.6 is 0 Å². The van der Waals surface area contributed by atoms with E-state index in [1.54, 1.807) is 10.9 Å². The SMILES string of the molecule is Cn1nccc1[C@H]1[C@H](NC(=O)c2ccc(F)cn2)CCC(=O)N1C1CC1. The number of rotatable bonds is 4. The lowest BCUT2D eigenvalue weighted by molar-refractivity contribution is -0.138. The van der Waals surface area contributed by atoms with Gasteiger partial charge < -0.3 is 10.2 Å². The highest BCUT2D eigenvalue weighted by Crippen LogP contribution is 2.40. The minimum Gasteiger partial charge on any atom is -0.345 e. The number of hydrogen-bond donors (Lipinski definition) is 1. The molecule has 2 aromatic rings. The first kappa shape index (κ1) is 16.7. The molecule has 3 heterocycles. The first-order chi connectivity index (χ1) is 12.5. The molecule has 0 aromatic carbocycles. The van der Waals surface area contributed by atoms with Crippen molar-refractivity contribution in [2.24, 2.45) is 7.05 Å². The topological polar surface area (TPSA) is 80.1 Å². The minimum absolute atomic E-state index is 0.115. The van der Waals surface area contributed by atoms with E-state index < -0.39 is 5.82 Å². The summed E-state index contributed by atoms with van der Waals surface area (Å²) in [6.45, 7) is 0. The number of hydrogen-bond acceptors (Lipinski definition) is 4. The zero-order valence-corrected chi connectivity index (χ0v) is 14.4. The number of aryl methyl sites for hydroxylation is 1. The largest absolute Gasteiger partial charge is 0.345 e. The van der Waals surface area contributed by atoms with Crippen LogP contribution in [0.15, 0.2) is 30.6 Å². The minimum atomic E-state index is -0.488. The van der Waals surface area contributed by atoms with Crippen molar-refractivity contribution in [2.75, 3.05) is 0 Å². The van der Waals surface area contributed by atoms with E-state index in [1.165, 1.54) is 12.1 Å². The lowest BCUT2D eigenvalue weighted by Gasteiger charge is -2.41. The zero-order valence-electron chi connectivity index (χ0n) is 14.4. The van der Waals surface area contributed by atoms with E-state index in [9.17, 15) is 14.0 Å². The van der Waals surface area contributed by atoms with Crippen molar-refractivity contribution in [3.05, 3.63) is 47.8 Å². The molecule has 1 saturated heterocycles. The van der Waals surface area contributed by atoms with Crippen LogP contribution in [0.4, 0.5) is 4.39 Å². The molecule has 136 valence electrons. The third-order valence-electron chi connectivity index (χ3n) is 5.02. The molecule has 1 saturated carbocycles. The summed E-state index contributed by atoms with van der Waals surface area (Å²) >= 11 is 0. The van der Waals surface area contributed by atoms with Crippen molar-refractivity contribution in [3.63, 3.8) is 0 Å². The van der Waals surface area contributed by atoms with Gasteiger partial charge in [-0.25, -0.2) is 9.37 Å². The van der Waals surface area contributed by atoms with E-state index in [4.69, 9.17) is 0 Å². The van der Waals surface area contributed by atoms with Crippen molar-refractivity contribution in [2.45, 2.75) is 43.8 Å². The predicted molar refractivity (Wildman–Crippen MR) is 90.5 cm³/mol. The van der Waals surface area contributed by atoms with E-state index in [1.807, 2.05) is 18.0 Å². The molecule has 4 rings (SSSR count). The second kappa shape index (κ2) is 6.51. The molecule has 0 unspecified atom stereocenters. The molecule has 1 aliphatic heterocycles. The van der Waals surface area contributed by atoms with Crippen LogP contribution in [0.1, 0.15) is 47.9 Å². The van der Waals surface area contributed by atoms with Gasteiger partial charge in [-0.15, -0.1) is 0 Å². The Labute approximate surface area is 150 Å². The molecule has 1 aliphatic carbocycles. The number of nitrogens with zero attached hydrogens (tertiary/aromatic N) is 4. The van der Waals surface area contributed by atoms with Gasteiger partial charge in [0.25, 0.3) is 5.91 Å². The summed E-state index contributed by atoms with van der Waals surface area (Å²) in [6.07, 6.45) is 5.63. The Balaban J connectivity index is 1.62. The molecule has 0 spiro atoms. The van der Waals surface area contributed by atoms with Crippen molar-refractivity contribution < 1.29 is 14.0 Å². The molecule has 0 radical (unpaired) electrons. The average Bonchev–Trinajstić information content (AvgIpc) is 3.37. The summed E-state index contributed by atoms with van der Waals surface area (Å²) in [4.78, 5) is 30.9. The monoisotopic (exact) mass is 357 g/mol. The zero-order chi connectivity index (χ0) is 18.3. The number of carbonyl (C=O) groups is 2. The second-order valence-corrected chi connectivity index (χ2v) is 6.84. The fourth-order valence-electron chi connectivity index (χ4n) is 3.62. The van der Waals surface area contributed by atoms with Gasteiger partial charge in [-0.3, -0.25) is 14.3 Å². The van der Waals surface area contributed by atoms with Crippen LogP contribution in [0.25, 0.3) is 0 Å². The van der Waals surface area contributed by atoms with Crippen molar-refractivity contribution in [1.82, 2.24) is 25.0 Å². The highest BCUT2D eigenvalue weighted by atomic mass is 19.1. The van der Waals surface area contributed by atoms with Crippen LogP contribution in [-0.4, -0.2) is 43.6 Å². The van der Waals surface area contributed by atoms with Gasteiger partial charge in [0.15, 0.2) is 0 Å². The highest BCUT2D eigenvalue weighted by molar-refractivity contribution is 5.92. The number of aromatic nitrogens is 3. The summed E-state index contributed by atoms with van der Waals surface area (Å²) in [7, 11) is 1.83. The average molecular weight is 357 g/mol. The Morgan fingerprint density at radius 1 is 1.27 bits per heavy atom. The molecular formula is C18H20FN5O2. The Bertz CT molecular complexity index is 830. The molecule has 2 amide bonds. The summed E-state index contributed by atoms with van der Waals surface area (Å²) in [5, 5.41) is 7.22. The number of amides is 2. The Kier molecular flexibility index (Phi) is 4.18. The normalized spacial score (nSPS) is 23.2. The fraction of sp³-hybridized carbons (Fsp3) is 0.444. The Hall–Kier alpha value is -2.77. The van der Waals surface area contributed by atoms with Gasteiger partial charge in [-0.05, 0) is 37.5 Å². The number of likely N-dealkylation sites (tertiary alicyclic amines) is 1. The van der Waals surface area contributed by atoms with Gasteiger partial charge in [0.2, 0.25) is 5.91 Å². The summed E-state index contributed by atoms with van der Waals surface area (Å²) in [5.41, 5.74) is 1.05. The van der Waals surface area contributed by atoms with E-state index in [-0.39, 0.29) is 35.6 Å². The number of carbonyl (C=O) groups excluding carboxylic acids is 2. The van der Waals surface area contributed by atoms with Crippen LogP contribution in [0.2, 0.25) is 0 Å². The third kappa shape index (κ3) is 3.07.